The third kappa shape index (κ3) is 5.88. The average Bonchev–Trinajstić information content (AvgIpc) is 3.25. The molecule has 0 bridgehead atoms. The summed E-state index contributed by atoms with van der Waals surface area (Å²) in [4.78, 5) is 24.4. The first-order valence-electron chi connectivity index (χ1n) is 11.5. The van der Waals surface area contributed by atoms with Crippen LogP contribution in [0.2, 0.25) is 0 Å². The van der Waals surface area contributed by atoms with Crippen LogP contribution in [-0.4, -0.2) is 44.9 Å². The van der Waals surface area contributed by atoms with Crippen LogP contribution in [0.4, 0.5) is 0 Å². The van der Waals surface area contributed by atoms with Gasteiger partial charge in [-0.1, -0.05) is 17.7 Å². The van der Waals surface area contributed by atoms with Crippen LogP contribution < -0.4 is 19.5 Å². The number of cyclic esters (lactones) is 1. The first-order valence-corrected chi connectivity index (χ1v) is 11.5. The SMILES string of the molecule is COc1ccc(CCNC(=O)CCC(C)=CCc2c(O)c3c(c(C)c2OC)COC3=O)cc1OC. The van der Waals surface area contributed by atoms with E-state index in [9.17, 15) is 14.7 Å². The van der Waals surface area contributed by atoms with Crippen LogP contribution >= 0.6 is 0 Å². The number of ether oxygens (including phenoxy) is 4. The monoisotopic (exact) mass is 483 g/mol. The zero-order valence-corrected chi connectivity index (χ0v) is 20.9. The van der Waals surface area contributed by atoms with Crippen molar-refractivity contribution in [2.24, 2.45) is 0 Å². The highest BCUT2D eigenvalue weighted by Gasteiger charge is 2.31. The van der Waals surface area contributed by atoms with Gasteiger partial charge >= 0.3 is 5.97 Å². The Bertz CT molecular complexity index is 1140. The van der Waals surface area contributed by atoms with Gasteiger partial charge in [0.1, 0.15) is 23.7 Å². The number of phenolic OH excluding ortho intramolecular Hbond substituents is 1. The Hall–Kier alpha value is -3.68. The van der Waals surface area contributed by atoms with Gasteiger partial charge in [-0.3, -0.25) is 4.79 Å². The lowest BCUT2D eigenvalue weighted by molar-refractivity contribution is -0.121. The average molecular weight is 484 g/mol. The lowest BCUT2D eigenvalue weighted by Gasteiger charge is -2.15. The van der Waals surface area contributed by atoms with Gasteiger partial charge in [0, 0.05) is 24.1 Å². The predicted molar refractivity (Wildman–Crippen MR) is 131 cm³/mol. The molecule has 188 valence electrons. The van der Waals surface area contributed by atoms with Gasteiger partial charge in [-0.15, -0.1) is 0 Å². The first kappa shape index (κ1) is 25.9. The van der Waals surface area contributed by atoms with Crippen molar-refractivity contribution in [2.45, 2.75) is 46.1 Å². The molecule has 35 heavy (non-hydrogen) atoms. The standard InChI is InChI=1S/C27H33NO7/c1-16(6-9-19-25(30)24-20(15-35-27(24)31)17(2)26(19)34-5)7-11-23(29)28-13-12-18-8-10-21(32-3)22(14-18)33-4/h6,8,10,14,30H,7,9,11-13,15H2,1-5H3,(H,28,29). The third-order valence-corrected chi connectivity index (χ3v) is 6.23. The van der Waals surface area contributed by atoms with Crippen LogP contribution in [0, 0.1) is 6.92 Å². The normalized spacial score (nSPS) is 12.7. The second-order valence-electron chi connectivity index (χ2n) is 8.46. The number of esters is 1. The molecule has 8 nitrogen and oxygen atoms in total. The van der Waals surface area contributed by atoms with E-state index in [2.05, 4.69) is 5.32 Å². The highest BCUT2D eigenvalue weighted by atomic mass is 16.5. The number of hydrogen-bond donors (Lipinski definition) is 2. The maximum atomic E-state index is 12.3. The summed E-state index contributed by atoms with van der Waals surface area (Å²) >= 11 is 0. The highest BCUT2D eigenvalue weighted by Crippen LogP contribution is 2.42. The molecule has 0 atom stereocenters. The Kier molecular flexibility index (Phi) is 8.63. The topological polar surface area (TPSA) is 103 Å². The maximum Gasteiger partial charge on any atom is 0.342 e. The summed E-state index contributed by atoms with van der Waals surface area (Å²) in [5.74, 6) is 1.24. The molecule has 3 rings (SSSR count). The minimum Gasteiger partial charge on any atom is -0.507 e. The number of nitrogens with one attached hydrogen (secondary N) is 1. The van der Waals surface area contributed by atoms with Gasteiger partial charge < -0.3 is 29.4 Å². The number of benzene rings is 2. The molecule has 0 aliphatic carbocycles. The molecular weight excluding hydrogens is 450 g/mol. The van der Waals surface area contributed by atoms with E-state index in [0.717, 1.165) is 16.7 Å². The van der Waals surface area contributed by atoms with Crippen molar-refractivity contribution in [1.82, 2.24) is 5.32 Å². The molecule has 0 unspecified atom stereocenters. The van der Waals surface area contributed by atoms with E-state index in [1.54, 1.807) is 14.2 Å². The predicted octanol–water partition coefficient (Wildman–Crippen LogP) is 4.02. The van der Waals surface area contributed by atoms with E-state index >= 15 is 0 Å². The number of carbonyl (C=O) groups is 2. The molecule has 0 saturated carbocycles. The summed E-state index contributed by atoms with van der Waals surface area (Å²) in [7, 11) is 4.73. The molecule has 2 aromatic rings. The minimum atomic E-state index is -0.519. The second-order valence-corrected chi connectivity index (χ2v) is 8.46. The van der Waals surface area contributed by atoms with Crippen LogP contribution in [0.5, 0.6) is 23.0 Å². The maximum absolute atomic E-state index is 12.3. The largest absolute Gasteiger partial charge is 0.507 e. The minimum absolute atomic E-state index is 0.0326. The van der Waals surface area contributed by atoms with Gasteiger partial charge in [0.05, 0.1) is 21.3 Å². The molecule has 0 aromatic heterocycles. The molecule has 2 N–H and O–H groups in total. The smallest absolute Gasteiger partial charge is 0.342 e. The van der Waals surface area contributed by atoms with Gasteiger partial charge in [-0.25, -0.2) is 4.79 Å². The van der Waals surface area contributed by atoms with Crippen LogP contribution in [-0.2, 0) is 29.0 Å². The Morgan fingerprint density at radius 1 is 1.14 bits per heavy atom. The van der Waals surface area contributed by atoms with Crippen LogP contribution in [0.15, 0.2) is 29.8 Å². The number of phenols is 1. The molecule has 1 aliphatic rings. The summed E-state index contributed by atoms with van der Waals surface area (Å²) in [6, 6.07) is 5.70. The molecule has 1 aliphatic heterocycles. The summed E-state index contributed by atoms with van der Waals surface area (Å²) < 4.78 is 21.2. The molecule has 8 heteroatoms. The lowest BCUT2D eigenvalue weighted by Crippen LogP contribution is -2.25. The van der Waals surface area contributed by atoms with Crippen LogP contribution in [0.1, 0.15) is 52.4 Å². The summed E-state index contributed by atoms with van der Waals surface area (Å²) in [6.07, 6.45) is 3.94. The van der Waals surface area contributed by atoms with Gasteiger partial charge in [0.15, 0.2) is 11.5 Å². The molecule has 0 radical (unpaired) electrons. The fraction of sp³-hybridized carbons (Fsp3) is 0.407. The first-order chi connectivity index (χ1) is 16.8. The van der Waals surface area contributed by atoms with Crippen molar-refractivity contribution < 1.29 is 33.6 Å². The lowest BCUT2D eigenvalue weighted by atomic mass is 9.94. The van der Waals surface area contributed by atoms with E-state index in [-0.39, 0.29) is 23.8 Å². The summed E-state index contributed by atoms with van der Waals surface area (Å²) in [5.41, 5.74) is 4.27. The molecule has 2 aromatic carbocycles. The fourth-order valence-corrected chi connectivity index (χ4v) is 4.19. The Labute approximate surface area is 205 Å². The van der Waals surface area contributed by atoms with Crippen molar-refractivity contribution in [1.29, 1.82) is 0 Å². The van der Waals surface area contributed by atoms with Crippen LogP contribution in [0.3, 0.4) is 0 Å². The van der Waals surface area contributed by atoms with Crippen LogP contribution in [0.25, 0.3) is 0 Å². The Balaban J connectivity index is 1.53. The number of hydrogen-bond acceptors (Lipinski definition) is 7. The zero-order chi connectivity index (χ0) is 25.5. The van der Waals surface area contributed by atoms with Gasteiger partial charge in [-0.2, -0.15) is 0 Å². The molecule has 0 spiro atoms. The third-order valence-electron chi connectivity index (χ3n) is 6.23. The van der Waals surface area contributed by atoms with Crippen molar-refractivity contribution in [3.63, 3.8) is 0 Å². The number of allylic oxidation sites excluding steroid dienone is 2. The van der Waals surface area contributed by atoms with E-state index in [1.165, 1.54) is 7.11 Å². The number of rotatable bonds is 11. The Morgan fingerprint density at radius 3 is 2.57 bits per heavy atom. The summed E-state index contributed by atoms with van der Waals surface area (Å²) in [6.45, 7) is 4.45. The zero-order valence-electron chi connectivity index (χ0n) is 20.9. The Morgan fingerprint density at radius 2 is 1.89 bits per heavy atom. The number of amides is 1. The van der Waals surface area contributed by atoms with Crippen molar-refractivity contribution in [3.05, 3.63) is 57.7 Å². The quantitative estimate of drug-likeness (QED) is 0.367. The van der Waals surface area contributed by atoms with Gasteiger partial charge in [0.25, 0.3) is 0 Å². The van der Waals surface area contributed by atoms with E-state index < -0.39 is 5.97 Å². The molecule has 0 fully saturated rings. The van der Waals surface area contributed by atoms with Gasteiger partial charge in [-0.05, 0) is 56.4 Å². The van der Waals surface area contributed by atoms with Crippen molar-refractivity contribution in [2.75, 3.05) is 27.9 Å². The number of methoxy groups -OCH3 is 3. The van der Waals surface area contributed by atoms with Gasteiger partial charge in [0.2, 0.25) is 5.91 Å². The highest BCUT2D eigenvalue weighted by molar-refractivity contribution is 5.98. The molecule has 1 heterocycles. The number of aromatic hydroxyl groups is 1. The molecule has 1 amide bonds. The second kappa shape index (κ2) is 11.6. The fourth-order valence-electron chi connectivity index (χ4n) is 4.19. The molecule has 0 saturated heterocycles. The van der Waals surface area contributed by atoms with E-state index in [0.29, 0.717) is 60.6 Å². The van der Waals surface area contributed by atoms with Crippen molar-refractivity contribution in [3.8, 4) is 23.0 Å². The number of carbonyl (C=O) groups excluding carboxylic acids is 2. The summed E-state index contributed by atoms with van der Waals surface area (Å²) in [5, 5.41) is 13.7. The van der Waals surface area contributed by atoms with Crippen molar-refractivity contribution >= 4 is 11.9 Å². The molecular formula is C27H33NO7. The van der Waals surface area contributed by atoms with E-state index in [1.807, 2.05) is 38.1 Å². The van der Waals surface area contributed by atoms with E-state index in [4.69, 9.17) is 18.9 Å². The number of fused-ring (bicyclic) bond motifs is 1.